The number of amides is 3. The number of aliphatic hydroxyl groups is 1. The van der Waals surface area contributed by atoms with E-state index in [1.807, 2.05) is 6.92 Å². The molecule has 0 saturated heterocycles. The van der Waals surface area contributed by atoms with Crippen molar-refractivity contribution < 1.29 is 29.4 Å². The molecule has 0 aromatic heterocycles. The molecule has 0 spiro atoms. The largest absolute Gasteiger partial charge is 0.480 e. The number of carbonyl (C=O) groups excluding carboxylic acids is 3. The number of aliphatic carboxylic acids is 1. The SMILES string of the molecule is CCC(C)C(NC(=O)C(NC(=O)C(N)C(C)O)C(C)C)C(=O)NC(CCCN=C(N)N)C(=O)O. The quantitative estimate of drug-likeness (QED) is 0.0722. The Bertz CT molecular complexity index is 724. The van der Waals surface area contributed by atoms with Crippen molar-refractivity contribution in [3.63, 3.8) is 0 Å². The summed E-state index contributed by atoms with van der Waals surface area (Å²) in [5.74, 6) is -4.02. The van der Waals surface area contributed by atoms with Crippen LogP contribution in [-0.4, -0.2) is 76.7 Å². The van der Waals surface area contributed by atoms with Crippen molar-refractivity contribution in [2.45, 2.75) is 84.2 Å². The summed E-state index contributed by atoms with van der Waals surface area (Å²) in [6, 6.07) is -4.49. The van der Waals surface area contributed by atoms with Gasteiger partial charge in [-0.15, -0.1) is 0 Å². The molecule has 0 heterocycles. The number of hydrogen-bond acceptors (Lipinski definition) is 7. The predicted molar refractivity (Wildman–Crippen MR) is 127 cm³/mol. The molecule has 0 aliphatic heterocycles. The lowest BCUT2D eigenvalue weighted by molar-refractivity contribution is -0.143. The monoisotopic (exact) mass is 487 g/mol. The second-order valence-corrected chi connectivity index (χ2v) is 8.72. The molecule has 11 N–H and O–H groups in total. The van der Waals surface area contributed by atoms with E-state index in [4.69, 9.17) is 17.2 Å². The molecular formula is C21H41N7O6. The Kier molecular flexibility index (Phi) is 13.8. The molecule has 6 atom stereocenters. The third-order valence-corrected chi connectivity index (χ3v) is 5.42. The average molecular weight is 488 g/mol. The smallest absolute Gasteiger partial charge is 0.326 e. The summed E-state index contributed by atoms with van der Waals surface area (Å²) >= 11 is 0. The maximum absolute atomic E-state index is 13.0. The van der Waals surface area contributed by atoms with Gasteiger partial charge in [-0.3, -0.25) is 19.4 Å². The van der Waals surface area contributed by atoms with Crippen LogP contribution in [0.5, 0.6) is 0 Å². The number of carboxylic acids is 1. The minimum absolute atomic E-state index is 0.0843. The van der Waals surface area contributed by atoms with Gasteiger partial charge in [-0.25, -0.2) is 4.79 Å². The fraction of sp³-hybridized carbons (Fsp3) is 0.762. The zero-order valence-electron chi connectivity index (χ0n) is 20.6. The van der Waals surface area contributed by atoms with E-state index in [2.05, 4.69) is 20.9 Å². The van der Waals surface area contributed by atoms with Crippen molar-refractivity contribution in [2.75, 3.05) is 6.54 Å². The summed E-state index contributed by atoms with van der Waals surface area (Å²) in [5, 5.41) is 26.6. The number of carboxylic acid groups (broad SMARTS) is 1. The highest BCUT2D eigenvalue weighted by molar-refractivity contribution is 5.94. The van der Waals surface area contributed by atoms with E-state index in [-0.39, 0.29) is 30.8 Å². The molecule has 0 aromatic rings. The van der Waals surface area contributed by atoms with E-state index in [1.54, 1.807) is 20.8 Å². The predicted octanol–water partition coefficient (Wildman–Crippen LogP) is -2.01. The lowest BCUT2D eigenvalue weighted by Gasteiger charge is -2.29. The first-order valence-electron chi connectivity index (χ1n) is 11.4. The molecule has 3 amide bonds. The molecule has 0 bridgehead atoms. The van der Waals surface area contributed by atoms with E-state index in [9.17, 15) is 29.4 Å². The number of aliphatic imine (C=N–C) groups is 1. The van der Waals surface area contributed by atoms with Gasteiger partial charge in [0, 0.05) is 6.54 Å². The van der Waals surface area contributed by atoms with Gasteiger partial charge in [0.2, 0.25) is 17.7 Å². The molecule has 0 rings (SSSR count). The molecule has 13 heteroatoms. The zero-order valence-corrected chi connectivity index (χ0v) is 20.6. The first-order valence-corrected chi connectivity index (χ1v) is 11.4. The van der Waals surface area contributed by atoms with Gasteiger partial charge in [0.1, 0.15) is 24.2 Å². The van der Waals surface area contributed by atoms with Crippen molar-refractivity contribution in [1.29, 1.82) is 0 Å². The summed E-state index contributed by atoms with van der Waals surface area (Å²) in [7, 11) is 0. The van der Waals surface area contributed by atoms with Gasteiger partial charge < -0.3 is 43.4 Å². The molecule has 13 nitrogen and oxygen atoms in total. The van der Waals surface area contributed by atoms with Crippen LogP contribution >= 0.6 is 0 Å². The van der Waals surface area contributed by atoms with Crippen LogP contribution < -0.4 is 33.2 Å². The Labute approximate surface area is 200 Å². The summed E-state index contributed by atoms with van der Waals surface area (Å²) in [5.41, 5.74) is 16.1. The summed E-state index contributed by atoms with van der Waals surface area (Å²) in [4.78, 5) is 53.6. The summed E-state index contributed by atoms with van der Waals surface area (Å²) < 4.78 is 0. The minimum Gasteiger partial charge on any atom is -0.480 e. The number of nitrogens with one attached hydrogen (secondary N) is 3. The number of guanidine groups is 1. The van der Waals surface area contributed by atoms with E-state index in [0.29, 0.717) is 12.8 Å². The van der Waals surface area contributed by atoms with Gasteiger partial charge >= 0.3 is 5.97 Å². The maximum Gasteiger partial charge on any atom is 0.326 e. The standard InChI is InChI=1S/C21H41N7O6/c1-6-11(4)16(19(32)26-13(20(33)34)8-7-9-25-21(23)24)28-18(31)15(10(2)3)27-17(30)14(22)12(5)29/h10-16,29H,6-9,22H2,1-5H3,(H,26,32)(H,27,30)(H,28,31)(H,33,34)(H4,23,24,25). The average Bonchev–Trinajstić information content (AvgIpc) is 2.75. The van der Waals surface area contributed by atoms with Crippen molar-refractivity contribution in [2.24, 2.45) is 34.0 Å². The van der Waals surface area contributed by atoms with E-state index in [0.717, 1.165) is 0 Å². The number of carbonyl (C=O) groups is 4. The van der Waals surface area contributed by atoms with Crippen LogP contribution in [0.2, 0.25) is 0 Å². The van der Waals surface area contributed by atoms with Gasteiger partial charge in [0.05, 0.1) is 6.10 Å². The Morgan fingerprint density at radius 2 is 1.44 bits per heavy atom. The van der Waals surface area contributed by atoms with Gasteiger partial charge in [-0.2, -0.15) is 0 Å². The van der Waals surface area contributed by atoms with Crippen molar-refractivity contribution in [3.8, 4) is 0 Å². The lowest BCUT2D eigenvalue weighted by atomic mass is 9.95. The second-order valence-electron chi connectivity index (χ2n) is 8.72. The Hall–Kier alpha value is -2.93. The Balaban J connectivity index is 5.45. The first-order chi connectivity index (χ1) is 15.7. The summed E-state index contributed by atoms with van der Waals surface area (Å²) in [6.07, 6.45) is -0.192. The third kappa shape index (κ3) is 10.8. The fourth-order valence-electron chi connectivity index (χ4n) is 2.97. The number of rotatable bonds is 15. The first kappa shape index (κ1) is 31.1. The number of nitrogens with two attached hydrogens (primary N) is 3. The highest BCUT2D eigenvalue weighted by Crippen LogP contribution is 2.11. The minimum atomic E-state index is -1.23. The Morgan fingerprint density at radius 3 is 1.88 bits per heavy atom. The van der Waals surface area contributed by atoms with Crippen LogP contribution in [-0.2, 0) is 19.2 Å². The van der Waals surface area contributed by atoms with Crippen LogP contribution in [0.25, 0.3) is 0 Å². The van der Waals surface area contributed by atoms with Crippen molar-refractivity contribution in [3.05, 3.63) is 0 Å². The highest BCUT2D eigenvalue weighted by atomic mass is 16.4. The fourth-order valence-corrected chi connectivity index (χ4v) is 2.97. The van der Waals surface area contributed by atoms with Gasteiger partial charge in [0.25, 0.3) is 0 Å². The molecule has 34 heavy (non-hydrogen) atoms. The maximum atomic E-state index is 13.0. The molecule has 0 aliphatic rings. The van der Waals surface area contributed by atoms with Crippen molar-refractivity contribution in [1.82, 2.24) is 16.0 Å². The Morgan fingerprint density at radius 1 is 0.912 bits per heavy atom. The van der Waals surface area contributed by atoms with Crippen LogP contribution in [0, 0.1) is 11.8 Å². The molecule has 0 aliphatic carbocycles. The van der Waals surface area contributed by atoms with E-state index in [1.165, 1.54) is 6.92 Å². The lowest BCUT2D eigenvalue weighted by Crippen LogP contribution is -2.60. The molecule has 0 fully saturated rings. The highest BCUT2D eigenvalue weighted by Gasteiger charge is 2.34. The molecule has 6 unspecified atom stereocenters. The molecular weight excluding hydrogens is 446 g/mol. The third-order valence-electron chi connectivity index (χ3n) is 5.42. The van der Waals surface area contributed by atoms with E-state index >= 15 is 0 Å². The molecule has 0 radical (unpaired) electrons. The molecule has 196 valence electrons. The zero-order chi connectivity index (χ0) is 26.6. The number of nitrogens with zero attached hydrogens (tertiary/aromatic N) is 1. The number of hydrogen-bond donors (Lipinski definition) is 8. The normalized spacial score (nSPS) is 16.4. The molecule has 0 aromatic carbocycles. The van der Waals surface area contributed by atoms with E-state index < -0.39 is 54.0 Å². The van der Waals surface area contributed by atoms with Crippen LogP contribution in [0.1, 0.15) is 53.9 Å². The topological polar surface area (TPSA) is 235 Å². The number of aliphatic hydroxyl groups excluding tert-OH is 1. The van der Waals surface area contributed by atoms with Crippen LogP contribution in [0.3, 0.4) is 0 Å². The van der Waals surface area contributed by atoms with Crippen molar-refractivity contribution >= 4 is 29.7 Å². The van der Waals surface area contributed by atoms with Crippen LogP contribution in [0.15, 0.2) is 4.99 Å². The van der Waals surface area contributed by atoms with Gasteiger partial charge in [0.15, 0.2) is 5.96 Å². The van der Waals surface area contributed by atoms with Gasteiger partial charge in [-0.1, -0.05) is 34.1 Å². The van der Waals surface area contributed by atoms with Gasteiger partial charge in [-0.05, 0) is 31.6 Å². The van der Waals surface area contributed by atoms with Crippen LogP contribution in [0.4, 0.5) is 0 Å². The molecule has 0 saturated carbocycles. The summed E-state index contributed by atoms with van der Waals surface area (Å²) in [6.45, 7) is 8.53. The second kappa shape index (κ2) is 15.1.